The molecule has 2 heterocycles. The van der Waals surface area contributed by atoms with Gasteiger partial charge in [-0.3, -0.25) is 0 Å². The summed E-state index contributed by atoms with van der Waals surface area (Å²) in [6.45, 7) is -0.231. The van der Waals surface area contributed by atoms with E-state index in [1.165, 1.54) is 11.3 Å². The summed E-state index contributed by atoms with van der Waals surface area (Å²) in [7, 11) is 0. The molecule has 1 N–H and O–H groups in total. The number of rotatable bonds is 3. The summed E-state index contributed by atoms with van der Waals surface area (Å²) in [6.07, 6.45) is -3.86. The third-order valence-electron chi connectivity index (χ3n) is 2.19. The Morgan fingerprint density at radius 1 is 1.42 bits per heavy atom. The molecular formula is C11H7ClF3NO2S. The van der Waals surface area contributed by atoms with Gasteiger partial charge >= 0.3 is 6.18 Å². The van der Waals surface area contributed by atoms with Crippen LogP contribution in [0.2, 0.25) is 5.02 Å². The van der Waals surface area contributed by atoms with E-state index in [4.69, 9.17) is 21.4 Å². The number of aliphatic hydroxyl groups excluding tert-OH is 1. The van der Waals surface area contributed by atoms with Crippen molar-refractivity contribution < 1.29 is 23.0 Å². The summed E-state index contributed by atoms with van der Waals surface area (Å²) in [5, 5.41) is 10.5. The molecule has 3 nitrogen and oxygen atoms in total. The van der Waals surface area contributed by atoms with Gasteiger partial charge in [0.15, 0.2) is 0 Å². The van der Waals surface area contributed by atoms with E-state index in [0.29, 0.717) is 16.8 Å². The van der Waals surface area contributed by atoms with E-state index in [0.717, 1.165) is 6.07 Å². The summed E-state index contributed by atoms with van der Waals surface area (Å²) in [5.74, 6) is 0.185. The van der Waals surface area contributed by atoms with E-state index in [-0.39, 0.29) is 17.5 Å². The fourth-order valence-corrected chi connectivity index (χ4v) is 2.16. The lowest BCUT2D eigenvalue weighted by Crippen LogP contribution is -2.05. The Hall–Kier alpha value is -1.31. The van der Waals surface area contributed by atoms with Gasteiger partial charge in [0.05, 0.1) is 17.0 Å². The monoisotopic (exact) mass is 309 g/mol. The maximum atomic E-state index is 12.4. The molecular weight excluding hydrogens is 303 g/mol. The van der Waals surface area contributed by atoms with Crippen LogP contribution in [0, 0.1) is 0 Å². The molecule has 0 aliphatic rings. The number of thiophene rings is 1. The molecule has 102 valence electrons. The molecule has 8 heteroatoms. The first kappa shape index (κ1) is 14.1. The summed E-state index contributed by atoms with van der Waals surface area (Å²) in [4.78, 5) is 4.08. The molecule has 2 aromatic rings. The van der Waals surface area contributed by atoms with Gasteiger partial charge < -0.3 is 9.84 Å². The molecule has 0 aromatic carbocycles. The molecule has 2 rings (SSSR count). The molecule has 19 heavy (non-hydrogen) atoms. The van der Waals surface area contributed by atoms with E-state index in [1.807, 2.05) is 0 Å². The van der Waals surface area contributed by atoms with E-state index in [9.17, 15) is 13.2 Å². The second-order valence-electron chi connectivity index (χ2n) is 3.48. The molecule has 0 radical (unpaired) electrons. The van der Waals surface area contributed by atoms with Crippen molar-refractivity contribution in [3.8, 4) is 11.6 Å². The molecule has 0 saturated heterocycles. The Morgan fingerprint density at radius 3 is 2.74 bits per heavy atom. The van der Waals surface area contributed by atoms with E-state index in [1.54, 1.807) is 11.4 Å². The zero-order valence-corrected chi connectivity index (χ0v) is 10.8. The molecule has 0 aliphatic carbocycles. The highest BCUT2D eigenvalue weighted by atomic mass is 35.5. The predicted molar refractivity (Wildman–Crippen MR) is 64.6 cm³/mol. The van der Waals surface area contributed by atoms with Crippen LogP contribution in [0.1, 0.15) is 10.4 Å². The Morgan fingerprint density at radius 2 is 2.16 bits per heavy atom. The highest BCUT2D eigenvalue weighted by molar-refractivity contribution is 7.10. The van der Waals surface area contributed by atoms with Crippen molar-refractivity contribution in [2.45, 2.75) is 12.8 Å². The summed E-state index contributed by atoms with van der Waals surface area (Å²) < 4.78 is 42.6. The Bertz CT molecular complexity index is 586. The molecule has 0 saturated carbocycles. The SMILES string of the molecule is OCc1sccc1Oc1ncc(C(F)(F)F)cc1Cl. The fraction of sp³-hybridized carbons (Fsp3) is 0.182. The van der Waals surface area contributed by atoms with Gasteiger partial charge in [-0.25, -0.2) is 4.98 Å². The summed E-state index contributed by atoms with van der Waals surface area (Å²) in [5.41, 5.74) is -0.947. The quantitative estimate of drug-likeness (QED) is 0.928. The average Bonchev–Trinajstić information content (AvgIpc) is 2.77. The molecule has 0 spiro atoms. The lowest BCUT2D eigenvalue weighted by molar-refractivity contribution is -0.137. The summed E-state index contributed by atoms with van der Waals surface area (Å²) >= 11 is 6.96. The van der Waals surface area contributed by atoms with Crippen molar-refractivity contribution in [3.63, 3.8) is 0 Å². The van der Waals surface area contributed by atoms with Gasteiger partial charge in [0.1, 0.15) is 10.8 Å². The maximum Gasteiger partial charge on any atom is 0.417 e. The largest absolute Gasteiger partial charge is 0.436 e. The van der Waals surface area contributed by atoms with Crippen molar-refractivity contribution in [2.75, 3.05) is 0 Å². The number of pyridine rings is 1. The van der Waals surface area contributed by atoms with E-state index in [2.05, 4.69) is 4.98 Å². The average molecular weight is 310 g/mol. The molecule has 0 aliphatic heterocycles. The second-order valence-corrected chi connectivity index (χ2v) is 4.88. The van der Waals surface area contributed by atoms with Crippen molar-refractivity contribution >= 4 is 22.9 Å². The maximum absolute atomic E-state index is 12.4. The van der Waals surface area contributed by atoms with E-state index >= 15 is 0 Å². The van der Waals surface area contributed by atoms with Crippen LogP contribution in [0.15, 0.2) is 23.7 Å². The predicted octanol–water partition coefficient (Wildman–Crippen LogP) is 4.10. The highest BCUT2D eigenvalue weighted by Gasteiger charge is 2.31. The number of alkyl halides is 3. The van der Waals surface area contributed by atoms with Gasteiger partial charge in [0.25, 0.3) is 0 Å². The standard InChI is InChI=1S/C11H7ClF3NO2S/c12-7-3-6(11(13,14)15)4-16-10(7)18-8-1-2-19-9(8)5-17/h1-4,17H,5H2. The molecule has 0 bridgehead atoms. The molecule has 0 amide bonds. The third-order valence-corrected chi connectivity index (χ3v) is 3.35. The van der Waals surface area contributed by atoms with Crippen LogP contribution in [0.4, 0.5) is 13.2 Å². The molecule has 0 fully saturated rings. The first-order chi connectivity index (χ1) is 8.91. The van der Waals surface area contributed by atoms with Crippen LogP contribution in [-0.4, -0.2) is 10.1 Å². The molecule has 2 aromatic heterocycles. The van der Waals surface area contributed by atoms with Gasteiger partial charge in [0.2, 0.25) is 5.88 Å². The smallest absolute Gasteiger partial charge is 0.417 e. The minimum Gasteiger partial charge on any atom is -0.436 e. The van der Waals surface area contributed by atoms with Crippen LogP contribution in [-0.2, 0) is 12.8 Å². The van der Waals surface area contributed by atoms with E-state index < -0.39 is 11.7 Å². The number of aromatic nitrogens is 1. The van der Waals surface area contributed by atoms with Gasteiger partial charge in [0, 0.05) is 6.20 Å². The van der Waals surface area contributed by atoms with Crippen molar-refractivity contribution in [1.29, 1.82) is 0 Å². The highest BCUT2D eigenvalue weighted by Crippen LogP contribution is 2.36. The van der Waals surface area contributed by atoms with Crippen molar-refractivity contribution in [2.24, 2.45) is 0 Å². The van der Waals surface area contributed by atoms with Gasteiger partial charge in [-0.1, -0.05) is 11.6 Å². The number of hydrogen-bond donors (Lipinski definition) is 1. The van der Waals surface area contributed by atoms with Crippen LogP contribution in [0.5, 0.6) is 11.6 Å². The Balaban J connectivity index is 2.27. The number of aliphatic hydroxyl groups is 1. The van der Waals surface area contributed by atoms with Crippen LogP contribution in [0.25, 0.3) is 0 Å². The van der Waals surface area contributed by atoms with Crippen molar-refractivity contribution in [3.05, 3.63) is 39.2 Å². The van der Waals surface area contributed by atoms with Gasteiger partial charge in [-0.15, -0.1) is 11.3 Å². The first-order valence-corrected chi connectivity index (χ1v) is 6.25. The lowest BCUT2D eigenvalue weighted by Gasteiger charge is -2.09. The number of halogens is 4. The number of hydrogen-bond acceptors (Lipinski definition) is 4. The topological polar surface area (TPSA) is 42.4 Å². The molecule has 0 atom stereocenters. The van der Waals surface area contributed by atoms with Gasteiger partial charge in [-0.05, 0) is 17.5 Å². The second kappa shape index (κ2) is 5.36. The fourth-order valence-electron chi connectivity index (χ4n) is 1.29. The van der Waals surface area contributed by atoms with Crippen LogP contribution >= 0.6 is 22.9 Å². The number of ether oxygens (including phenoxy) is 1. The zero-order valence-electron chi connectivity index (χ0n) is 9.24. The lowest BCUT2D eigenvalue weighted by atomic mass is 10.3. The van der Waals surface area contributed by atoms with Crippen molar-refractivity contribution in [1.82, 2.24) is 4.98 Å². The molecule has 0 unspecified atom stereocenters. The zero-order chi connectivity index (χ0) is 14.0. The van der Waals surface area contributed by atoms with Crippen LogP contribution in [0.3, 0.4) is 0 Å². The minimum absolute atomic E-state index is 0.136. The van der Waals surface area contributed by atoms with Crippen LogP contribution < -0.4 is 4.74 Å². The number of nitrogens with zero attached hydrogens (tertiary/aromatic N) is 1. The Kier molecular flexibility index (Phi) is 3.98. The summed E-state index contributed by atoms with van der Waals surface area (Å²) in [6, 6.07) is 2.32. The minimum atomic E-state index is -4.51. The normalized spacial score (nSPS) is 11.6. The Labute approximate surface area is 115 Å². The first-order valence-electron chi connectivity index (χ1n) is 4.99. The third kappa shape index (κ3) is 3.17. The van der Waals surface area contributed by atoms with Gasteiger partial charge in [-0.2, -0.15) is 13.2 Å².